The van der Waals surface area contributed by atoms with Crippen molar-refractivity contribution < 1.29 is 24.2 Å². The third kappa shape index (κ3) is 3.85. The summed E-state index contributed by atoms with van der Waals surface area (Å²) in [5.74, 6) is -2.60. The van der Waals surface area contributed by atoms with Crippen molar-refractivity contribution >= 4 is 18.0 Å². The first-order valence-electron chi connectivity index (χ1n) is 6.79. The van der Waals surface area contributed by atoms with E-state index in [9.17, 15) is 19.5 Å². The van der Waals surface area contributed by atoms with Crippen molar-refractivity contribution in [3.63, 3.8) is 0 Å². The second kappa shape index (κ2) is 7.12. The largest absolute Gasteiger partial charge is 0.481 e. The van der Waals surface area contributed by atoms with Gasteiger partial charge in [-0.05, 0) is 26.7 Å². The Morgan fingerprint density at radius 1 is 1.20 bits per heavy atom. The Balaban J connectivity index is 2.86. The zero-order chi connectivity index (χ0) is 15.3. The molecule has 1 rings (SSSR count). The average Bonchev–Trinajstić information content (AvgIpc) is 2.43. The maximum Gasteiger partial charge on any atom is 0.425 e. The van der Waals surface area contributed by atoms with E-state index in [1.165, 1.54) is 7.11 Å². The van der Waals surface area contributed by atoms with Crippen molar-refractivity contribution in [1.82, 2.24) is 10.4 Å². The predicted molar refractivity (Wildman–Crippen MR) is 70.6 cm³/mol. The number of ether oxygens (including phenoxy) is 1. The molecule has 0 saturated heterocycles. The number of carboxylic acid groups (broad SMARTS) is 1. The molecule has 0 radical (unpaired) electrons. The summed E-state index contributed by atoms with van der Waals surface area (Å²) < 4.78 is 4.48. The van der Waals surface area contributed by atoms with Crippen LogP contribution in [0.5, 0.6) is 0 Å². The van der Waals surface area contributed by atoms with E-state index in [1.54, 1.807) is 13.8 Å². The first-order valence-corrected chi connectivity index (χ1v) is 6.79. The molecule has 2 amide bonds. The van der Waals surface area contributed by atoms with Crippen LogP contribution in [-0.4, -0.2) is 41.2 Å². The van der Waals surface area contributed by atoms with Crippen molar-refractivity contribution in [2.75, 3.05) is 7.11 Å². The molecule has 0 aromatic heterocycles. The van der Waals surface area contributed by atoms with Crippen LogP contribution < -0.4 is 5.43 Å². The summed E-state index contributed by atoms with van der Waals surface area (Å²) in [7, 11) is 1.21. The van der Waals surface area contributed by atoms with Crippen molar-refractivity contribution in [3.8, 4) is 0 Å². The molecule has 0 heterocycles. The van der Waals surface area contributed by atoms with Crippen LogP contribution in [0.15, 0.2) is 0 Å². The normalized spacial score (nSPS) is 22.2. The van der Waals surface area contributed by atoms with E-state index >= 15 is 0 Å². The number of carbonyl (C=O) groups excluding carboxylic acids is 2. The van der Waals surface area contributed by atoms with Crippen molar-refractivity contribution in [2.45, 2.75) is 45.6 Å². The molecule has 7 heteroatoms. The molecular weight excluding hydrogens is 264 g/mol. The standard InChI is InChI=1S/C13H22N2O5/c1-8(2)15(14-13(19)20-3)11(16)9-6-4-5-7-10(9)12(17)18/h8-10H,4-7H2,1-3H3,(H,14,19)(H,17,18)/t9-,10?/m0/s1. The maximum atomic E-state index is 12.5. The van der Waals surface area contributed by atoms with Crippen LogP contribution in [0.4, 0.5) is 4.79 Å². The molecule has 1 saturated carbocycles. The molecule has 0 bridgehead atoms. The van der Waals surface area contributed by atoms with Crippen LogP contribution >= 0.6 is 0 Å². The summed E-state index contributed by atoms with van der Waals surface area (Å²) in [6.45, 7) is 3.49. The van der Waals surface area contributed by atoms with Gasteiger partial charge >= 0.3 is 12.1 Å². The van der Waals surface area contributed by atoms with Crippen molar-refractivity contribution in [1.29, 1.82) is 0 Å². The number of hydrogen-bond acceptors (Lipinski definition) is 4. The quantitative estimate of drug-likeness (QED) is 0.764. The lowest BCUT2D eigenvalue weighted by atomic mass is 9.78. The summed E-state index contributed by atoms with van der Waals surface area (Å²) in [5.41, 5.74) is 2.35. The van der Waals surface area contributed by atoms with Gasteiger partial charge in [0.05, 0.1) is 18.9 Å². The van der Waals surface area contributed by atoms with E-state index in [-0.39, 0.29) is 11.9 Å². The molecule has 0 aromatic rings. The number of hydrogen-bond donors (Lipinski definition) is 2. The van der Waals surface area contributed by atoms with Gasteiger partial charge in [0.2, 0.25) is 5.91 Å². The molecule has 1 aliphatic rings. The first-order chi connectivity index (χ1) is 9.38. The Hall–Kier alpha value is -1.79. The zero-order valence-electron chi connectivity index (χ0n) is 12.1. The Bertz CT molecular complexity index is 383. The molecule has 114 valence electrons. The smallest absolute Gasteiger partial charge is 0.425 e. The van der Waals surface area contributed by atoms with Gasteiger partial charge in [-0.3, -0.25) is 9.59 Å². The maximum absolute atomic E-state index is 12.5. The Labute approximate surface area is 118 Å². The van der Waals surface area contributed by atoms with Gasteiger partial charge in [0, 0.05) is 6.04 Å². The van der Waals surface area contributed by atoms with Crippen LogP contribution in [0.3, 0.4) is 0 Å². The molecule has 1 fully saturated rings. The summed E-state index contributed by atoms with van der Waals surface area (Å²) in [5, 5.41) is 10.4. The lowest BCUT2D eigenvalue weighted by Crippen LogP contribution is -2.54. The lowest BCUT2D eigenvalue weighted by Gasteiger charge is -2.34. The number of carboxylic acids is 1. The highest BCUT2D eigenvalue weighted by molar-refractivity contribution is 5.86. The zero-order valence-corrected chi connectivity index (χ0v) is 12.1. The number of rotatable bonds is 3. The third-order valence-corrected chi connectivity index (χ3v) is 3.55. The number of nitrogens with zero attached hydrogens (tertiary/aromatic N) is 1. The molecule has 20 heavy (non-hydrogen) atoms. The number of amides is 2. The summed E-state index contributed by atoms with van der Waals surface area (Å²) in [4.78, 5) is 35.0. The van der Waals surface area contributed by atoms with E-state index in [2.05, 4.69) is 10.2 Å². The fourth-order valence-electron chi connectivity index (χ4n) is 2.48. The topological polar surface area (TPSA) is 95.9 Å². The van der Waals surface area contributed by atoms with Gasteiger partial charge in [-0.1, -0.05) is 12.8 Å². The molecule has 1 aliphatic carbocycles. The fraction of sp³-hybridized carbons (Fsp3) is 0.769. The van der Waals surface area contributed by atoms with Gasteiger partial charge in [-0.2, -0.15) is 0 Å². The monoisotopic (exact) mass is 286 g/mol. The first kappa shape index (κ1) is 16.3. The molecule has 0 spiro atoms. The molecule has 1 unspecified atom stereocenters. The predicted octanol–water partition coefficient (Wildman–Crippen LogP) is 1.39. The number of aliphatic carboxylic acids is 1. The molecule has 2 N–H and O–H groups in total. The SMILES string of the molecule is COC(=O)NN(C(=O)[C@H]1CCCCC1C(=O)O)C(C)C. The Kier molecular flexibility index (Phi) is 5.79. The van der Waals surface area contributed by atoms with Crippen LogP contribution in [0.1, 0.15) is 39.5 Å². The minimum Gasteiger partial charge on any atom is -0.481 e. The highest BCUT2D eigenvalue weighted by atomic mass is 16.5. The highest BCUT2D eigenvalue weighted by Gasteiger charge is 2.39. The van der Waals surface area contributed by atoms with Crippen LogP contribution in [0.25, 0.3) is 0 Å². The summed E-state index contributed by atoms with van der Waals surface area (Å²) in [6, 6.07) is -0.280. The van der Waals surface area contributed by atoms with Gasteiger partial charge in [0.1, 0.15) is 0 Å². The van der Waals surface area contributed by atoms with Crippen molar-refractivity contribution in [3.05, 3.63) is 0 Å². The number of carbonyl (C=O) groups is 3. The summed E-state index contributed by atoms with van der Waals surface area (Å²) >= 11 is 0. The molecular formula is C13H22N2O5. The molecule has 0 aliphatic heterocycles. The van der Waals surface area contributed by atoms with E-state index < -0.39 is 23.9 Å². The van der Waals surface area contributed by atoms with Crippen LogP contribution in [0, 0.1) is 11.8 Å². The van der Waals surface area contributed by atoms with Gasteiger partial charge in [0.25, 0.3) is 0 Å². The van der Waals surface area contributed by atoms with Gasteiger partial charge in [-0.15, -0.1) is 0 Å². The van der Waals surface area contributed by atoms with Crippen LogP contribution in [-0.2, 0) is 14.3 Å². The number of methoxy groups -OCH3 is 1. The van der Waals surface area contributed by atoms with Gasteiger partial charge in [0.15, 0.2) is 0 Å². The van der Waals surface area contributed by atoms with Crippen LogP contribution in [0.2, 0.25) is 0 Å². The average molecular weight is 286 g/mol. The van der Waals surface area contributed by atoms with E-state index in [1.807, 2.05) is 0 Å². The molecule has 2 atom stereocenters. The van der Waals surface area contributed by atoms with E-state index in [0.717, 1.165) is 17.9 Å². The Morgan fingerprint density at radius 3 is 2.20 bits per heavy atom. The lowest BCUT2D eigenvalue weighted by molar-refractivity contribution is -0.154. The highest BCUT2D eigenvalue weighted by Crippen LogP contribution is 2.31. The molecule has 0 aromatic carbocycles. The third-order valence-electron chi connectivity index (χ3n) is 3.55. The van der Waals surface area contributed by atoms with Crippen molar-refractivity contribution in [2.24, 2.45) is 11.8 Å². The summed E-state index contributed by atoms with van der Waals surface area (Å²) in [6.07, 6.45) is 1.92. The Morgan fingerprint density at radius 2 is 1.75 bits per heavy atom. The fourth-order valence-corrected chi connectivity index (χ4v) is 2.48. The van der Waals surface area contributed by atoms with Gasteiger partial charge < -0.3 is 9.84 Å². The number of hydrazine groups is 1. The second-order valence-electron chi connectivity index (χ2n) is 5.24. The number of nitrogens with one attached hydrogen (secondary N) is 1. The van der Waals surface area contributed by atoms with Gasteiger partial charge in [-0.25, -0.2) is 15.2 Å². The van der Waals surface area contributed by atoms with E-state index in [4.69, 9.17) is 0 Å². The minimum absolute atomic E-state index is 0.280. The second-order valence-corrected chi connectivity index (χ2v) is 5.24. The molecule has 7 nitrogen and oxygen atoms in total. The van der Waals surface area contributed by atoms with E-state index in [0.29, 0.717) is 12.8 Å². The minimum atomic E-state index is -0.954.